The van der Waals surface area contributed by atoms with Crippen molar-refractivity contribution in [3.8, 4) is 0 Å². The summed E-state index contributed by atoms with van der Waals surface area (Å²) in [7, 11) is 0. The highest BCUT2D eigenvalue weighted by molar-refractivity contribution is 8.01. The lowest BCUT2D eigenvalue weighted by molar-refractivity contribution is 0.590. The van der Waals surface area contributed by atoms with E-state index >= 15 is 0 Å². The molecule has 0 atom stereocenters. The van der Waals surface area contributed by atoms with Crippen molar-refractivity contribution in [1.29, 1.82) is 0 Å². The predicted molar refractivity (Wildman–Crippen MR) is 67.2 cm³/mol. The number of rotatable bonds is 2. The Balaban J connectivity index is 2.10. The zero-order valence-corrected chi connectivity index (χ0v) is 10.5. The molecule has 0 radical (unpaired) electrons. The van der Waals surface area contributed by atoms with Crippen LogP contribution in [0.3, 0.4) is 0 Å². The van der Waals surface area contributed by atoms with Crippen LogP contribution in [0.4, 0.5) is 0 Å². The van der Waals surface area contributed by atoms with E-state index in [1.54, 1.807) is 0 Å². The van der Waals surface area contributed by atoms with Crippen LogP contribution < -0.4 is 5.73 Å². The minimum Gasteiger partial charge on any atom is -0.317 e. The zero-order valence-electron chi connectivity index (χ0n) is 9.71. The second kappa shape index (κ2) is 3.53. The molecule has 0 bridgehead atoms. The van der Waals surface area contributed by atoms with Crippen LogP contribution in [0.5, 0.6) is 0 Å². The lowest BCUT2D eigenvalue weighted by atomic mass is 9.87. The van der Waals surface area contributed by atoms with Gasteiger partial charge in [-0.1, -0.05) is 32.9 Å². The fraction of sp³-hybridized carbons (Fsp3) is 0.538. The molecule has 15 heavy (non-hydrogen) atoms. The third-order valence-electron chi connectivity index (χ3n) is 2.78. The van der Waals surface area contributed by atoms with Gasteiger partial charge in [0.1, 0.15) is 0 Å². The van der Waals surface area contributed by atoms with Crippen LogP contribution in [0.2, 0.25) is 0 Å². The van der Waals surface area contributed by atoms with E-state index < -0.39 is 0 Å². The maximum absolute atomic E-state index is 6.07. The van der Waals surface area contributed by atoms with Gasteiger partial charge < -0.3 is 5.73 Å². The Morgan fingerprint density at radius 2 is 1.67 bits per heavy atom. The fourth-order valence-electron chi connectivity index (χ4n) is 1.48. The summed E-state index contributed by atoms with van der Waals surface area (Å²) in [5.41, 5.74) is 7.69. The van der Waals surface area contributed by atoms with Gasteiger partial charge in [0.05, 0.1) is 4.87 Å². The molecule has 0 amide bonds. The van der Waals surface area contributed by atoms with E-state index in [1.165, 1.54) is 10.5 Å². The van der Waals surface area contributed by atoms with Crippen molar-refractivity contribution in [3.63, 3.8) is 0 Å². The van der Waals surface area contributed by atoms with Crippen molar-refractivity contribution in [2.75, 3.05) is 0 Å². The monoisotopic (exact) mass is 221 g/mol. The topological polar surface area (TPSA) is 26.0 Å². The van der Waals surface area contributed by atoms with Gasteiger partial charge in [-0.3, -0.25) is 0 Å². The Bertz CT molecular complexity index is 344. The Morgan fingerprint density at radius 1 is 1.13 bits per heavy atom. The highest BCUT2D eigenvalue weighted by Crippen LogP contribution is 2.47. The standard InChI is InChI=1S/C13H19NS/c1-12(2,3)10-4-6-11(7-5-10)15-13(14)8-9-13/h4-7H,8-9,14H2,1-3H3. The molecule has 1 fully saturated rings. The van der Waals surface area contributed by atoms with Crippen molar-refractivity contribution in [2.24, 2.45) is 5.73 Å². The molecular weight excluding hydrogens is 202 g/mol. The summed E-state index contributed by atoms with van der Waals surface area (Å²) in [6.45, 7) is 6.71. The van der Waals surface area contributed by atoms with Crippen LogP contribution in [-0.2, 0) is 5.41 Å². The molecule has 1 aromatic rings. The van der Waals surface area contributed by atoms with E-state index in [1.807, 2.05) is 11.8 Å². The molecule has 2 N–H and O–H groups in total. The summed E-state index contributed by atoms with van der Waals surface area (Å²) in [4.78, 5) is 1.34. The second-order valence-corrected chi connectivity index (χ2v) is 6.93. The van der Waals surface area contributed by atoms with Crippen molar-refractivity contribution < 1.29 is 0 Å². The molecule has 0 aromatic heterocycles. The molecule has 0 unspecified atom stereocenters. The Morgan fingerprint density at radius 3 is 2.07 bits per heavy atom. The Kier molecular flexibility index (Phi) is 2.60. The normalized spacial score (nSPS) is 18.9. The molecule has 1 nitrogen and oxygen atoms in total. The third-order valence-corrected chi connectivity index (χ3v) is 4.11. The summed E-state index contributed by atoms with van der Waals surface area (Å²) in [5.74, 6) is 0. The highest BCUT2D eigenvalue weighted by Gasteiger charge is 2.39. The minimum atomic E-state index is 0.0449. The Hall–Kier alpha value is -0.470. The van der Waals surface area contributed by atoms with Crippen LogP contribution in [0.15, 0.2) is 29.2 Å². The van der Waals surface area contributed by atoms with Gasteiger partial charge >= 0.3 is 0 Å². The lowest BCUT2D eigenvalue weighted by Gasteiger charge is -2.19. The van der Waals surface area contributed by atoms with E-state index in [0.29, 0.717) is 0 Å². The minimum absolute atomic E-state index is 0.0449. The average Bonchev–Trinajstić information content (AvgIpc) is 2.82. The molecule has 0 saturated heterocycles. The number of nitrogens with two attached hydrogens (primary N) is 1. The SMILES string of the molecule is CC(C)(C)c1ccc(SC2(N)CC2)cc1. The molecule has 1 aliphatic carbocycles. The van der Waals surface area contributed by atoms with Gasteiger partial charge in [0.15, 0.2) is 0 Å². The summed E-state index contributed by atoms with van der Waals surface area (Å²) in [6.07, 6.45) is 2.30. The van der Waals surface area contributed by atoms with E-state index in [4.69, 9.17) is 5.73 Å². The molecular formula is C13H19NS. The molecule has 0 heterocycles. The molecule has 1 aromatic carbocycles. The number of benzene rings is 1. The third kappa shape index (κ3) is 2.76. The molecule has 1 saturated carbocycles. The van der Waals surface area contributed by atoms with Crippen molar-refractivity contribution in [3.05, 3.63) is 29.8 Å². The number of hydrogen-bond donors (Lipinski definition) is 1. The van der Waals surface area contributed by atoms with Gasteiger partial charge in [0, 0.05) is 4.90 Å². The van der Waals surface area contributed by atoms with Gasteiger partial charge in [-0.15, -0.1) is 11.8 Å². The summed E-state index contributed by atoms with van der Waals surface area (Å²) < 4.78 is 0. The first kappa shape index (κ1) is 11.0. The van der Waals surface area contributed by atoms with E-state index in [-0.39, 0.29) is 10.3 Å². The first-order chi connectivity index (χ1) is 6.89. The van der Waals surface area contributed by atoms with Crippen LogP contribution in [0.1, 0.15) is 39.2 Å². The largest absolute Gasteiger partial charge is 0.317 e. The van der Waals surface area contributed by atoms with Gasteiger partial charge in [0.25, 0.3) is 0 Å². The van der Waals surface area contributed by atoms with Gasteiger partial charge in [-0.2, -0.15) is 0 Å². The molecule has 0 aliphatic heterocycles. The summed E-state index contributed by atoms with van der Waals surface area (Å²) in [5, 5.41) is 0. The van der Waals surface area contributed by atoms with Crippen LogP contribution in [0, 0.1) is 0 Å². The van der Waals surface area contributed by atoms with E-state index in [0.717, 1.165) is 12.8 Å². The van der Waals surface area contributed by atoms with Crippen molar-refractivity contribution >= 4 is 11.8 Å². The fourth-order valence-corrected chi connectivity index (χ4v) is 2.53. The maximum Gasteiger partial charge on any atom is 0.0668 e. The molecule has 82 valence electrons. The maximum atomic E-state index is 6.07. The Labute approximate surface area is 96.4 Å². The van der Waals surface area contributed by atoms with E-state index in [9.17, 15) is 0 Å². The zero-order chi connectivity index (χ0) is 11.1. The second-order valence-electron chi connectivity index (χ2n) is 5.44. The van der Waals surface area contributed by atoms with Crippen molar-refractivity contribution in [2.45, 2.75) is 48.8 Å². The van der Waals surface area contributed by atoms with Crippen molar-refractivity contribution in [1.82, 2.24) is 0 Å². The predicted octanol–water partition coefficient (Wildman–Crippen LogP) is 3.53. The van der Waals surface area contributed by atoms with Gasteiger partial charge in [-0.25, -0.2) is 0 Å². The van der Waals surface area contributed by atoms with E-state index in [2.05, 4.69) is 45.0 Å². The van der Waals surface area contributed by atoms with Gasteiger partial charge in [-0.05, 0) is 36.0 Å². The van der Waals surface area contributed by atoms with Crippen LogP contribution in [-0.4, -0.2) is 4.87 Å². The van der Waals surface area contributed by atoms with Crippen LogP contribution in [0.25, 0.3) is 0 Å². The average molecular weight is 221 g/mol. The number of hydrogen-bond acceptors (Lipinski definition) is 2. The summed E-state index contributed by atoms with van der Waals surface area (Å²) >= 11 is 1.81. The molecule has 2 heteroatoms. The first-order valence-electron chi connectivity index (χ1n) is 5.48. The molecule has 0 spiro atoms. The molecule has 1 aliphatic rings. The smallest absolute Gasteiger partial charge is 0.0668 e. The van der Waals surface area contributed by atoms with Crippen LogP contribution >= 0.6 is 11.8 Å². The summed E-state index contributed by atoms with van der Waals surface area (Å²) in [6, 6.07) is 8.82. The molecule has 2 rings (SSSR count). The lowest BCUT2D eigenvalue weighted by Crippen LogP contribution is -2.16. The number of thioether (sulfide) groups is 1. The highest BCUT2D eigenvalue weighted by atomic mass is 32.2. The quantitative estimate of drug-likeness (QED) is 0.773. The van der Waals surface area contributed by atoms with Gasteiger partial charge in [0.2, 0.25) is 0 Å². The first-order valence-corrected chi connectivity index (χ1v) is 6.29.